The van der Waals surface area contributed by atoms with Gasteiger partial charge in [0.05, 0.1) is 22.5 Å². The first-order chi connectivity index (χ1) is 11.3. The first-order valence-corrected chi connectivity index (χ1v) is 8.26. The summed E-state index contributed by atoms with van der Waals surface area (Å²) >= 11 is 12.5. The van der Waals surface area contributed by atoms with Crippen LogP contribution in [0, 0.1) is 17.2 Å². The van der Waals surface area contributed by atoms with E-state index in [0.717, 1.165) is 6.42 Å². The fraction of sp³-hybridized carbons (Fsp3) is 0.438. The number of aromatic nitrogens is 2. The number of aromatic hydroxyl groups is 1. The van der Waals surface area contributed by atoms with Crippen LogP contribution >= 0.6 is 23.2 Å². The zero-order chi connectivity index (χ0) is 18.0. The molecule has 2 aromatic heterocycles. The van der Waals surface area contributed by atoms with Gasteiger partial charge in [0.25, 0.3) is 0 Å². The van der Waals surface area contributed by atoms with Crippen LogP contribution < -0.4 is 0 Å². The van der Waals surface area contributed by atoms with Crippen molar-refractivity contribution in [3.8, 4) is 11.8 Å². The van der Waals surface area contributed by atoms with E-state index in [2.05, 4.69) is 18.8 Å². The minimum atomic E-state index is -0.824. The Bertz CT molecular complexity index is 838. The number of esters is 1. The predicted octanol–water partition coefficient (Wildman–Crippen LogP) is 4.14. The number of nitriles is 1. The van der Waals surface area contributed by atoms with Crippen molar-refractivity contribution in [2.45, 2.75) is 33.7 Å². The van der Waals surface area contributed by atoms with Gasteiger partial charge >= 0.3 is 5.97 Å². The van der Waals surface area contributed by atoms with Crippen molar-refractivity contribution in [3.63, 3.8) is 0 Å². The van der Waals surface area contributed by atoms with E-state index in [0.29, 0.717) is 18.0 Å². The molecule has 2 heterocycles. The quantitative estimate of drug-likeness (QED) is 0.799. The summed E-state index contributed by atoms with van der Waals surface area (Å²) in [4.78, 5) is 15.9. The lowest BCUT2D eigenvalue weighted by atomic mass is 10.1. The number of fused-ring (bicyclic) bond motifs is 1. The van der Waals surface area contributed by atoms with Crippen LogP contribution in [0.3, 0.4) is 0 Å². The molecule has 0 saturated carbocycles. The maximum atomic E-state index is 12.0. The molecule has 0 aliphatic heterocycles. The molecule has 1 N–H and O–H groups in total. The van der Waals surface area contributed by atoms with Gasteiger partial charge in [0.1, 0.15) is 11.2 Å². The largest absolute Gasteiger partial charge is 0.505 e. The second-order valence-electron chi connectivity index (χ2n) is 5.65. The molecule has 6 nitrogen and oxygen atoms in total. The highest BCUT2D eigenvalue weighted by atomic mass is 35.5. The van der Waals surface area contributed by atoms with Crippen LogP contribution in [0.2, 0.25) is 10.2 Å². The Hall–Kier alpha value is -1.97. The van der Waals surface area contributed by atoms with E-state index in [-0.39, 0.29) is 33.6 Å². The molecule has 0 saturated heterocycles. The van der Waals surface area contributed by atoms with Crippen molar-refractivity contribution in [1.29, 1.82) is 5.26 Å². The van der Waals surface area contributed by atoms with Gasteiger partial charge < -0.3 is 14.4 Å². The molecule has 0 spiro atoms. The number of halogens is 2. The summed E-state index contributed by atoms with van der Waals surface area (Å²) in [5.74, 6) is -0.851. The Kier molecular flexibility index (Phi) is 5.58. The van der Waals surface area contributed by atoms with E-state index in [1.807, 2.05) is 6.07 Å². The molecule has 0 fully saturated rings. The predicted molar refractivity (Wildman–Crippen MR) is 91.5 cm³/mol. The van der Waals surface area contributed by atoms with Crippen molar-refractivity contribution >= 4 is 40.1 Å². The third-order valence-electron chi connectivity index (χ3n) is 3.56. The third kappa shape index (κ3) is 3.14. The Labute approximate surface area is 149 Å². The number of hydrogen-bond acceptors (Lipinski definition) is 5. The van der Waals surface area contributed by atoms with Gasteiger partial charge in [-0.2, -0.15) is 5.26 Å². The molecule has 0 bridgehead atoms. The number of hydrogen-bond donors (Lipinski definition) is 1. The summed E-state index contributed by atoms with van der Waals surface area (Å²) in [5, 5.41) is 20.3. The molecular formula is C16H17Cl2N3O3. The molecule has 2 rings (SSSR count). The second kappa shape index (κ2) is 7.29. The van der Waals surface area contributed by atoms with Gasteiger partial charge in [-0.3, -0.25) is 0 Å². The highest BCUT2D eigenvalue weighted by molar-refractivity contribution is 6.46. The molecule has 0 unspecified atom stereocenters. The Morgan fingerprint density at radius 3 is 2.67 bits per heavy atom. The molecule has 24 heavy (non-hydrogen) atoms. The van der Waals surface area contributed by atoms with Crippen LogP contribution in [-0.2, 0) is 11.3 Å². The third-order valence-corrected chi connectivity index (χ3v) is 4.42. The zero-order valence-corrected chi connectivity index (χ0v) is 15.1. The highest BCUT2D eigenvalue weighted by Crippen LogP contribution is 2.42. The molecule has 2 aromatic rings. The van der Waals surface area contributed by atoms with E-state index in [4.69, 9.17) is 27.9 Å². The van der Waals surface area contributed by atoms with Crippen LogP contribution in [0.5, 0.6) is 5.75 Å². The van der Waals surface area contributed by atoms with Crippen LogP contribution in [0.15, 0.2) is 0 Å². The van der Waals surface area contributed by atoms with Crippen molar-refractivity contribution in [2.24, 2.45) is 5.92 Å². The van der Waals surface area contributed by atoms with Gasteiger partial charge in [-0.15, -0.1) is 0 Å². The second-order valence-corrected chi connectivity index (χ2v) is 6.39. The molecule has 8 heteroatoms. The first-order valence-electron chi connectivity index (χ1n) is 7.50. The van der Waals surface area contributed by atoms with Gasteiger partial charge in [-0.1, -0.05) is 37.0 Å². The van der Waals surface area contributed by atoms with Crippen molar-refractivity contribution in [2.75, 3.05) is 6.61 Å². The normalized spacial score (nSPS) is 11.0. The smallest absolute Gasteiger partial charge is 0.360 e. The number of ether oxygens (including phenoxy) is 1. The van der Waals surface area contributed by atoms with E-state index in [1.54, 1.807) is 11.5 Å². The summed E-state index contributed by atoms with van der Waals surface area (Å²) < 4.78 is 6.50. The Morgan fingerprint density at radius 2 is 2.12 bits per heavy atom. The summed E-state index contributed by atoms with van der Waals surface area (Å²) in [7, 11) is 0. The lowest BCUT2D eigenvalue weighted by Gasteiger charge is -2.11. The summed E-state index contributed by atoms with van der Waals surface area (Å²) in [6.45, 7) is 6.37. The average molecular weight is 370 g/mol. The standard InChI is InChI=1S/C16H17Cl2N3O3/c1-4-24-16(23)12-14(22)10-11(17)15(18)21(6-5-8(2)3)13(10)9(7-19)20-12/h8,22H,4-6H2,1-3H3. The molecule has 0 atom stereocenters. The van der Waals surface area contributed by atoms with Crippen molar-refractivity contribution < 1.29 is 14.6 Å². The van der Waals surface area contributed by atoms with Gasteiger partial charge in [-0.25, -0.2) is 9.78 Å². The monoisotopic (exact) mass is 369 g/mol. The molecular weight excluding hydrogens is 353 g/mol. The van der Waals surface area contributed by atoms with E-state index in [1.165, 1.54) is 0 Å². The molecule has 128 valence electrons. The van der Waals surface area contributed by atoms with Crippen molar-refractivity contribution in [1.82, 2.24) is 9.55 Å². The summed E-state index contributed by atoms with van der Waals surface area (Å²) in [5.41, 5.74) is -0.0671. The van der Waals surface area contributed by atoms with Crippen LogP contribution in [0.4, 0.5) is 0 Å². The summed E-state index contributed by atoms with van der Waals surface area (Å²) in [6, 6.07) is 1.94. The maximum Gasteiger partial charge on any atom is 0.360 e. The van der Waals surface area contributed by atoms with Crippen LogP contribution in [0.25, 0.3) is 10.9 Å². The lowest BCUT2D eigenvalue weighted by molar-refractivity contribution is 0.0516. The molecule has 0 aliphatic carbocycles. The fourth-order valence-electron chi connectivity index (χ4n) is 2.37. The molecule has 0 amide bonds. The number of aryl methyl sites for hydroxylation is 1. The van der Waals surface area contributed by atoms with E-state index < -0.39 is 11.7 Å². The van der Waals surface area contributed by atoms with Gasteiger partial charge in [-0.05, 0) is 19.3 Å². The van der Waals surface area contributed by atoms with Gasteiger partial charge in [0.2, 0.25) is 0 Å². The molecule has 0 aromatic carbocycles. The Balaban J connectivity index is 2.77. The number of carbonyl (C=O) groups is 1. The van der Waals surface area contributed by atoms with Crippen molar-refractivity contribution in [3.05, 3.63) is 21.6 Å². The van der Waals surface area contributed by atoms with Crippen LogP contribution in [0.1, 0.15) is 43.4 Å². The topological polar surface area (TPSA) is 88.1 Å². The minimum absolute atomic E-state index is 0.0385. The van der Waals surface area contributed by atoms with Gasteiger partial charge in [0, 0.05) is 6.54 Å². The highest BCUT2D eigenvalue weighted by Gasteiger charge is 2.27. The first kappa shape index (κ1) is 18.4. The van der Waals surface area contributed by atoms with Crippen LogP contribution in [-0.4, -0.2) is 27.2 Å². The fourth-order valence-corrected chi connectivity index (χ4v) is 2.92. The average Bonchev–Trinajstić information content (AvgIpc) is 2.78. The van der Waals surface area contributed by atoms with E-state index in [9.17, 15) is 15.2 Å². The Morgan fingerprint density at radius 1 is 1.46 bits per heavy atom. The van der Waals surface area contributed by atoms with Gasteiger partial charge in [0.15, 0.2) is 17.1 Å². The minimum Gasteiger partial charge on any atom is -0.505 e. The molecule has 0 aliphatic rings. The summed E-state index contributed by atoms with van der Waals surface area (Å²) in [6.07, 6.45) is 0.797. The number of rotatable bonds is 5. The van der Waals surface area contributed by atoms with E-state index >= 15 is 0 Å². The number of nitrogens with zero attached hydrogens (tertiary/aromatic N) is 3. The lowest BCUT2D eigenvalue weighted by Crippen LogP contribution is -2.10. The maximum absolute atomic E-state index is 12.0. The number of pyridine rings is 1. The SMILES string of the molecule is CCOC(=O)c1nc(C#N)c2c(c1O)c(Cl)c(Cl)n2CCC(C)C. The number of carbonyl (C=O) groups excluding carboxylic acids is 1. The molecule has 0 radical (unpaired) electrons. The zero-order valence-electron chi connectivity index (χ0n) is 13.6.